The quantitative estimate of drug-likeness (QED) is 0.683. The summed E-state index contributed by atoms with van der Waals surface area (Å²) in [6, 6.07) is 6.86. The Labute approximate surface area is 186 Å². The van der Waals surface area contributed by atoms with Gasteiger partial charge in [0.2, 0.25) is 0 Å². The van der Waals surface area contributed by atoms with E-state index in [2.05, 4.69) is 38.3 Å². The second-order valence-corrected chi connectivity index (χ2v) is 10.1. The molecule has 1 N–H and O–H groups in total. The molecule has 7 heteroatoms. The number of hydrogen-bond donors (Lipinski definition) is 1. The predicted octanol–water partition coefficient (Wildman–Crippen LogP) is 2.76. The molecular weight excluding hydrogens is 406 g/mol. The lowest BCUT2D eigenvalue weighted by molar-refractivity contribution is 0.247. The molecule has 0 amide bonds. The van der Waals surface area contributed by atoms with Crippen LogP contribution in [0.25, 0.3) is 10.2 Å². The fraction of sp³-hybridized carbons (Fsp3) is 0.500. The van der Waals surface area contributed by atoms with Crippen LogP contribution < -0.4 is 15.8 Å². The van der Waals surface area contributed by atoms with Gasteiger partial charge in [-0.1, -0.05) is 12.1 Å². The number of nitrogens with zero attached hydrogens (tertiary/aromatic N) is 4. The van der Waals surface area contributed by atoms with Gasteiger partial charge in [0.1, 0.15) is 4.83 Å². The molecule has 162 valence electrons. The first kappa shape index (κ1) is 19.5. The molecule has 0 unspecified atom stereocenters. The summed E-state index contributed by atoms with van der Waals surface area (Å²) in [7, 11) is 0. The standard InChI is InChI=1S/C24H29N5OS/c30-24-22-19-14-25-15-21(19)31-23(22)26-16-29(24)13-10-27-8-11-28(12-9-27)20-7-3-5-17-4-1-2-6-18(17)20/h3,5,7,16,25H,1-2,4,6,8-15H2. The van der Waals surface area contributed by atoms with E-state index < -0.39 is 0 Å². The minimum atomic E-state index is 0.126. The van der Waals surface area contributed by atoms with Gasteiger partial charge in [-0.25, -0.2) is 4.98 Å². The molecule has 2 aromatic heterocycles. The molecule has 0 bridgehead atoms. The van der Waals surface area contributed by atoms with Gasteiger partial charge in [-0.15, -0.1) is 11.3 Å². The van der Waals surface area contributed by atoms with Crippen molar-refractivity contribution in [1.82, 2.24) is 19.8 Å². The zero-order valence-corrected chi connectivity index (χ0v) is 18.7. The highest BCUT2D eigenvalue weighted by Crippen LogP contribution is 2.32. The van der Waals surface area contributed by atoms with E-state index in [0.29, 0.717) is 6.54 Å². The molecule has 0 atom stereocenters. The van der Waals surface area contributed by atoms with Crippen molar-refractivity contribution in [2.45, 2.75) is 45.3 Å². The smallest absolute Gasteiger partial charge is 0.262 e. The van der Waals surface area contributed by atoms with Crippen LogP contribution in [0.3, 0.4) is 0 Å². The third-order valence-electron chi connectivity index (χ3n) is 7.19. The maximum Gasteiger partial charge on any atom is 0.262 e. The van der Waals surface area contributed by atoms with Gasteiger partial charge in [-0.3, -0.25) is 14.3 Å². The van der Waals surface area contributed by atoms with E-state index in [1.807, 2.05) is 4.57 Å². The summed E-state index contributed by atoms with van der Waals surface area (Å²) in [5, 5.41) is 4.19. The molecule has 1 saturated heterocycles. The third-order valence-corrected chi connectivity index (χ3v) is 8.33. The first-order valence-electron chi connectivity index (χ1n) is 11.6. The van der Waals surface area contributed by atoms with Crippen LogP contribution >= 0.6 is 11.3 Å². The number of aromatic nitrogens is 2. The van der Waals surface area contributed by atoms with E-state index in [0.717, 1.165) is 56.0 Å². The minimum absolute atomic E-state index is 0.126. The lowest BCUT2D eigenvalue weighted by atomic mass is 9.90. The van der Waals surface area contributed by atoms with Gasteiger partial charge in [-0.2, -0.15) is 0 Å². The fourth-order valence-corrected chi connectivity index (χ4v) is 6.55. The summed E-state index contributed by atoms with van der Waals surface area (Å²) in [5.41, 5.74) is 5.91. The normalized spacial score (nSPS) is 19.0. The molecule has 6 nitrogen and oxygen atoms in total. The van der Waals surface area contributed by atoms with Gasteiger partial charge in [0.25, 0.3) is 5.56 Å². The summed E-state index contributed by atoms with van der Waals surface area (Å²) >= 11 is 1.66. The number of nitrogens with one attached hydrogen (secondary N) is 1. The van der Waals surface area contributed by atoms with Gasteiger partial charge in [0.05, 0.1) is 11.7 Å². The first-order valence-corrected chi connectivity index (χ1v) is 12.4. The maximum atomic E-state index is 13.1. The summed E-state index contributed by atoms with van der Waals surface area (Å²) in [6.45, 7) is 7.49. The Balaban J connectivity index is 1.12. The second-order valence-electron chi connectivity index (χ2n) is 8.98. The van der Waals surface area contributed by atoms with Crippen molar-refractivity contribution in [2.75, 3.05) is 37.6 Å². The van der Waals surface area contributed by atoms with E-state index >= 15 is 0 Å². The van der Waals surface area contributed by atoms with Crippen molar-refractivity contribution in [3.05, 3.63) is 56.4 Å². The van der Waals surface area contributed by atoms with Crippen LogP contribution in [0, 0.1) is 0 Å². The number of benzene rings is 1. The second kappa shape index (κ2) is 8.04. The predicted molar refractivity (Wildman–Crippen MR) is 126 cm³/mol. The molecule has 31 heavy (non-hydrogen) atoms. The van der Waals surface area contributed by atoms with Crippen LogP contribution in [-0.2, 0) is 32.5 Å². The van der Waals surface area contributed by atoms with Gasteiger partial charge in [0.15, 0.2) is 0 Å². The highest BCUT2D eigenvalue weighted by Gasteiger charge is 2.23. The number of fused-ring (bicyclic) bond motifs is 4. The van der Waals surface area contributed by atoms with Crippen molar-refractivity contribution >= 4 is 27.2 Å². The van der Waals surface area contributed by atoms with Crippen LogP contribution in [0.1, 0.15) is 34.4 Å². The van der Waals surface area contributed by atoms with Crippen LogP contribution in [0.15, 0.2) is 29.3 Å². The Morgan fingerprint density at radius 3 is 2.77 bits per heavy atom. The molecule has 1 fully saturated rings. The minimum Gasteiger partial charge on any atom is -0.369 e. The van der Waals surface area contributed by atoms with E-state index in [9.17, 15) is 4.79 Å². The molecule has 2 aliphatic heterocycles. The monoisotopic (exact) mass is 435 g/mol. The van der Waals surface area contributed by atoms with Crippen LogP contribution in [-0.4, -0.2) is 47.2 Å². The number of piperazine rings is 1. The third kappa shape index (κ3) is 3.49. The average Bonchev–Trinajstić information content (AvgIpc) is 3.40. The number of aryl methyl sites for hydroxylation is 1. The van der Waals surface area contributed by atoms with Crippen LogP contribution in [0.5, 0.6) is 0 Å². The lowest BCUT2D eigenvalue weighted by Crippen LogP contribution is -2.48. The molecule has 0 saturated carbocycles. The maximum absolute atomic E-state index is 13.1. The summed E-state index contributed by atoms with van der Waals surface area (Å²) in [4.78, 5) is 24.9. The first-order chi connectivity index (χ1) is 15.3. The number of anilines is 1. The molecule has 1 aromatic carbocycles. The Kier molecular flexibility index (Phi) is 5.05. The summed E-state index contributed by atoms with van der Waals surface area (Å²) in [6.07, 6.45) is 6.86. The Bertz CT molecular complexity index is 1170. The van der Waals surface area contributed by atoms with Gasteiger partial charge < -0.3 is 10.2 Å². The average molecular weight is 436 g/mol. The van der Waals surface area contributed by atoms with Gasteiger partial charge in [-0.05, 0) is 48.4 Å². The highest BCUT2D eigenvalue weighted by atomic mass is 32.1. The summed E-state index contributed by atoms with van der Waals surface area (Å²) in [5.74, 6) is 0. The topological polar surface area (TPSA) is 53.4 Å². The molecule has 3 aromatic rings. The van der Waals surface area contributed by atoms with Crippen LogP contribution in [0.4, 0.5) is 5.69 Å². The molecule has 3 aliphatic rings. The van der Waals surface area contributed by atoms with Crippen molar-refractivity contribution < 1.29 is 0 Å². The SMILES string of the molecule is O=c1c2c3c(sc2ncn1CCN1CCN(c2cccc4c2CCCC4)CC1)CNC3. The Morgan fingerprint density at radius 2 is 1.87 bits per heavy atom. The lowest BCUT2D eigenvalue weighted by Gasteiger charge is -2.38. The zero-order valence-electron chi connectivity index (χ0n) is 17.9. The molecule has 0 spiro atoms. The molecule has 0 radical (unpaired) electrons. The highest BCUT2D eigenvalue weighted by molar-refractivity contribution is 7.18. The fourth-order valence-electron chi connectivity index (χ4n) is 5.44. The Hall–Kier alpha value is -2.22. The van der Waals surface area contributed by atoms with Crippen molar-refractivity contribution in [3.8, 4) is 0 Å². The van der Waals surface area contributed by atoms with E-state index in [-0.39, 0.29) is 5.56 Å². The number of hydrogen-bond acceptors (Lipinski definition) is 6. The molecule has 4 heterocycles. The van der Waals surface area contributed by atoms with Crippen molar-refractivity contribution in [3.63, 3.8) is 0 Å². The van der Waals surface area contributed by atoms with E-state index in [4.69, 9.17) is 0 Å². The Morgan fingerprint density at radius 1 is 1.00 bits per heavy atom. The van der Waals surface area contributed by atoms with E-state index in [1.165, 1.54) is 41.8 Å². The molecule has 6 rings (SSSR count). The van der Waals surface area contributed by atoms with Gasteiger partial charge in [0, 0.05) is 62.9 Å². The zero-order chi connectivity index (χ0) is 20.8. The molecule has 1 aliphatic carbocycles. The number of rotatable bonds is 4. The van der Waals surface area contributed by atoms with Crippen molar-refractivity contribution in [2.24, 2.45) is 0 Å². The largest absolute Gasteiger partial charge is 0.369 e. The number of thiophene rings is 1. The molecular formula is C24H29N5OS. The van der Waals surface area contributed by atoms with Crippen LogP contribution in [0.2, 0.25) is 0 Å². The van der Waals surface area contributed by atoms with Crippen molar-refractivity contribution in [1.29, 1.82) is 0 Å². The van der Waals surface area contributed by atoms with E-state index in [1.54, 1.807) is 28.8 Å². The van der Waals surface area contributed by atoms with Gasteiger partial charge >= 0.3 is 0 Å². The summed E-state index contributed by atoms with van der Waals surface area (Å²) < 4.78 is 1.81.